The molecule has 128 valence electrons. The normalized spacial score (nSPS) is 12.0. The van der Waals surface area contributed by atoms with Gasteiger partial charge in [0.1, 0.15) is 0 Å². The second kappa shape index (κ2) is 8.56. The molecule has 0 bridgehead atoms. The van der Waals surface area contributed by atoms with E-state index in [4.69, 9.17) is 0 Å². The first kappa shape index (κ1) is 19.0. The van der Waals surface area contributed by atoms with Gasteiger partial charge in [0.05, 0.1) is 12.0 Å². The highest BCUT2D eigenvalue weighted by Gasteiger charge is 2.26. The number of rotatable bonds is 6. The van der Waals surface area contributed by atoms with Crippen LogP contribution in [0.2, 0.25) is 0 Å². The van der Waals surface area contributed by atoms with Crippen LogP contribution < -0.4 is 10.6 Å². The molecule has 23 heavy (non-hydrogen) atoms. The molecule has 1 aromatic rings. The Kier molecular flexibility index (Phi) is 7.07. The Bertz CT molecular complexity index is 552. The summed E-state index contributed by atoms with van der Waals surface area (Å²) in [6.07, 6.45) is 0. The molecule has 5 heteroatoms. The van der Waals surface area contributed by atoms with Gasteiger partial charge in [-0.3, -0.25) is 9.79 Å². The lowest BCUT2D eigenvalue weighted by Gasteiger charge is -2.25. The van der Waals surface area contributed by atoms with E-state index in [9.17, 15) is 4.79 Å². The van der Waals surface area contributed by atoms with E-state index < -0.39 is 5.41 Å². The fourth-order valence-electron chi connectivity index (χ4n) is 2.27. The van der Waals surface area contributed by atoms with Crippen LogP contribution >= 0.6 is 0 Å². The molecule has 0 aliphatic carbocycles. The number of guanidine groups is 1. The summed E-state index contributed by atoms with van der Waals surface area (Å²) in [5, 5.41) is 5.99. The SMILES string of the molecule is CCNC(=NCC(C)(C)C(=O)NC)N(C)Cc1ccccc1C. The second-order valence-electron chi connectivity index (χ2n) is 6.42. The quantitative estimate of drug-likeness (QED) is 0.624. The largest absolute Gasteiger partial charge is 0.359 e. The number of aryl methyl sites for hydroxylation is 1. The number of hydrogen-bond donors (Lipinski definition) is 2. The number of carbonyl (C=O) groups is 1. The highest BCUT2D eigenvalue weighted by molar-refractivity contribution is 5.83. The van der Waals surface area contributed by atoms with E-state index in [-0.39, 0.29) is 5.91 Å². The molecule has 0 aliphatic heterocycles. The van der Waals surface area contributed by atoms with Gasteiger partial charge < -0.3 is 15.5 Å². The molecule has 0 radical (unpaired) electrons. The molecule has 0 spiro atoms. The lowest BCUT2D eigenvalue weighted by atomic mass is 9.93. The maximum Gasteiger partial charge on any atom is 0.227 e. The van der Waals surface area contributed by atoms with Crippen LogP contribution in [0.1, 0.15) is 31.9 Å². The number of aliphatic imine (C=N–C) groups is 1. The summed E-state index contributed by atoms with van der Waals surface area (Å²) >= 11 is 0. The van der Waals surface area contributed by atoms with Crippen molar-refractivity contribution in [3.63, 3.8) is 0 Å². The summed E-state index contributed by atoms with van der Waals surface area (Å²) in [6, 6.07) is 8.34. The van der Waals surface area contributed by atoms with Crippen molar-refractivity contribution in [3.05, 3.63) is 35.4 Å². The monoisotopic (exact) mass is 318 g/mol. The van der Waals surface area contributed by atoms with Crippen LogP contribution in [-0.2, 0) is 11.3 Å². The van der Waals surface area contributed by atoms with Crippen molar-refractivity contribution in [2.75, 3.05) is 27.2 Å². The van der Waals surface area contributed by atoms with Crippen LogP contribution in [0.4, 0.5) is 0 Å². The minimum Gasteiger partial charge on any atom is -0.359 e. The molecule has 0 heterocycles. The van der Waals surface area contributed by atoms with Crippen LogP contribution in [0.5, 0.6) is 0 Å². The van der Waals surface area contributed by atoms with Crippen LogP contribution in [-0.4, -0.2) is 44.0 Å². The Hall–Kier alpha value is -2.04. The van der Waals surface area contributed by atoms with Crippen molar-refractivity contribution in [2.45, 2.75) is 34.2 Å². The minimum atomic E-state index is -0.529. The molecule has 2 N–H and O–H groups in total. The number of benzene rings is 1. The molecule has 1 rings (SSSR count). The lowest BCUT2D eigenvalue weighted by molar-refractivity contribution is -0.128. The van der Waals surface area contributed by atoms with E-state index >= 15 is 0 Å². The van der Waals surface area contributed by atoms with E-state index in [1.807, 2.05) is 33.9 Å². The summed E-state index contributed by atoms with van der Waals surface area (Å²) in [7, 11) is 3.67. The van der Waals surface area contributed by atoms with Crippen molar-refractivity contribution in [1.82, 2.24) is 15.5 Å². The van der Waals surface area contributed by atoms with Crippen LogP contribution in [0.15, 0.2) is 29.3 Å². The summed E-state index contributed by atoms with van der Waals surface area (Å²) in [5.74, 6) is 0.811. The zero-order valence-corrected chi connectivity index (χ0v) is 15.2. The topological polar surface area (TPSA) is 56.7 Å². The van der Waals surface area contributed by atoms with Gasteiger partial charge in [-0.2, -0.15) is 0 Å². The summed E-state index contributed by atoms with van der Waals surface area (Å²) in [5.41, 5.74) is 2.01. The van der Waals surface area contributed by atoms with Gasteiger partial charge in [0.25, 0.3) is 0 Å². The molecule has 1 aromatic carbocycles. The maximum absolute atomic E-state index is 11.9. The summed E-state index contributed by atoms with van der Waals surface area (Å²) < 4.78 is 0. The average molecular weight is 318 g/mol. The summed E-state index contributed by atoms with van der Waals surface area (Å²) in [4.78, 5) is 18.6. The van der Waals surface area contributed by atoms with Crippen molar-refractivity contribution < 1.29 is 4.79 Å². The molecule has 0 fully saturated rings. The standard InChI is InChI=1S/C18H30N4O/c1-7-20-17(21-13-18(3,4)16(23)19-5)22(6)12-15-11-9-8-10-14(15)2/h8-11H,7,12-13H2,1-6H3,(H,19,23)(H,20,21). The second-order valence-corrected chi connectivity index (χ2v) is 6.42. The third kappa shape index (κ3) is 5.58. The number of carbonyl (C=O) groups excluding carboxylic acids is 1. The molecular formula is C18H30N4O. The van der Waals surface area contributed by atoms with E-state index in [1.54, 1.807) is 7.05 Å². The number of nitrogens with one attached hydrogen (secondary N) is 2. The first-order valence-corrected chi connectivity index (χ1v) is 8.08. The molecule has 1 amide bonds. The Balaban J connectivity index is 2.86. The molecule has 0 aliphatic rings. The van der Waals surface area contributed by atoms with Gasteiger partial charge in [0, 0.05) is 27.2 Å². The minimum absolute atomic E-state index is 0.00125. The van der Waals surface area contributed by atoms with Crippen molar-refractivity contribution in [1.29, 1.82) is 0 Å². The van der Waals surface area contributed by atoms with Crippen molar-refractivity contribution in [2.24, 2.45) is 10.4 Å². The molecule has 0 saturated heterocycles. The van der Waals surface area contributed by atoms with Gasteiger partial charge in [0.2, 0.25) is 5.91 Å². The van der Waals surface area contributed by atoms with Crippen molar-refractivity contribution >= 4 is 11.9 Å². The Morgan fingerprint density at radius 3 is 2.52 bits per heavy atom. The van der Waals surface area contributed by atoms with Gasteiger partial charge in [-0.15, -0.1) is 0 Å². The molecule has 0 atom stereocenters. The van der Waals surface area contributed by atoms with E-state index in [1.165, 1.54) is 11.1 Å². The zero-order valence-electron chi connectivity index (χ0n) is 15.2. The lowest BCUT2D eigenvalue weighted by Crippen LogP contribution is -2.41. The fourth-order valence-corrected chi connectivity index (χ4v) is 2.27. The van der Waals surface area contributed by atoms with Gasteiger partial charge in [0.15, 0.2) is 5.96 Å². The summed E-state index contributed by atoms with van der Waals surface area (Å²) in [6.45, 7) is 9.97. The fraction of sp³-hybridized carbons (Fsp3) is 0.556. The average Bonchev–Trinajstić information content (AvgIpc) is 2.52. The molecule has 5 nitrogen and oxygen atoms in total. The van der Waals surface area contributed by atoms with E-state index in [0.29, 0.717) is 6.54 Å². The maximum atomic E-state index is 11.9. The third-order valence-corrected chi connectivity index (χ3v) is 3.83. The van der Waals surface area contributed by atoms with E-state index in [2.05, 4.69) is 45.6 Å². The molecular weight excluding hydrogens is 288 g/mol. The predicted molar refractivity (Wildman–Crippen MR) is 96.5 cm³/mol. The van der Waals surface area contributed by atoms with Crippen molar-refractivity contribution in [3.8, 4) is 0 Å². The van der Waals surface area contributed by atoms with Gasteiger partial charge in [-0.25, -0.2) is 0 Å². The Morgan fingerprint density at radius 2 is 1.96 bits per heavy atom. The highest BCUT2D eigenvalue weighted by atomic mass is 16.2. The van der Waals surface area contributed by atoms with Gasteiger partial charge in [-0.1, -0.05) is 24.3 Å². The number of nitrogens with zero attached hydrogens (tertiary/aromatic N) is 2. The van der Waals surface area contributed by atoms with Crippen LogP contribution in [0.3, 0.4) is 0 Å². The number of amides is 1. The molecule has 0 unspecified atom stereocenters. The van der Waals surface area contributed by atoms with Crippen LogP contribution in [0.25, 0.3) is 0 Å². The smallest absolute Gasteiger partial charge is 0.227 e. The highest BCUT2D eigenvalue weighted by Crippen LogP contribution is 2.16. The van der Waals surface area contributed by atoms with E-state index in [0.717, 1.165) is 19.0 Å². The first-order valence-electron chi connectivity index (χ1n) is 8.08. The first-order chi connectivity index (χ1) is 10.8. The molecule has 0 saturated carbocycles. The third-order valence-electron chi connectivity index (χ3n) is 3.83. The van der Waals surface area contributed by atoms with Gasteiger partial charge >= 0.3 is 0 Å². The molecule has 0 aromatic heterocycles. The predicted octanol–water partition coefficient (Wildman–Crippen LogP) is 2.16. The zero-order chi connectivity index (χ0) is 17.5. The van der Waals surface area contributed by atoms with Gasteiger partial charge in [-0.05, 0) is 38.8 Å². The number of hydrogen-bond acceptors (Lipinski definition) is 2. The Morgan fingerprint density at radius 1 is 1.30 bits per heavy atom. The van der Waals surface area contributed by atoms with Crippen LogP contribution in [0, 0.1) is 12.3 Å². The Labute approximate surface area is 140 Å².